The van der Waals surface area contributed by atoms with Crippen molar-refractivity contribution in [2.24, 2.45) is 0 Å². The molecule has 0 aromatic heterocycles. The van der Waals surface area contributed by atoms with E-state index in [0.29, 0.717) is 21.2 Å². The predicted molar refractivity (Wildman–Crippen MR) is 97.2 cm³/mol. The summed E-state index contributed by atoms with van der Waals surface area (Å²) in [7, 11) is 0. The Hall–Kier alpha value is -1.88. The van der Waals surface area contributed by atoms with Gasteiger partial charge in [-0.2, -0.15) is 0 Å². The van der Waals surface area contributed by atoms with Crippen LogP contribution in [0.15, 0.2) is 42.5 Å². The van der Waals surface area contributed by atoms with Gasteiger partial charge < -0.3 is 5.32 Å². The van der Waals surface area contributed by atoms with Crippen molar-refractivity contribution in [2.45, 2.75) is 24.9 Å². The molecule has 2 atom stereocenters. The molecule has 2 aromatic carbocycles. The second kappa shape index (κ2) is 6.45. The predicted octanol–water partition coefficient (Wildman–Crippen LogP) is 4.08. The molecule has 0 bridgehead atoms. The average molecular weight is 375 g/mol. The molecule has 0 spiro atoms. The third-order valence-electron chi connectivity index (χ3n) is 4.87. The van der Waals surface area contributed by atoms with E-state index in [-0.39, 0.29) is 17.9 Å². The third-order valence-corrected chi connectivity index (χ3v) is 5.61. The molecule has 2 amide bonds. The summed E-state index contributed by atoms with van der Waals surface area (Å²) in [6.07, 6.45) is 1.89. The molecule has 128 valence electrons. The van der Waals surface area contributed by atoms with E-state index in [1.54, 1.807) is 36.4 Å². The van der Waals surface area contributed by atoms with Crippen LogP contribution in [-0.2, 0) is 0 Å². The number of nitrogens with one attached hydrogen (secondary N) is 1. The molecule has 1 saturated heterocycles. The zero-order valence-corrected chi connectivity index (χ0v) is 14.8. The Bertz CT molecular complexity index is 827. The normalized spacial score (nSPS) is 20.9. The minimum absolute atomic E-state index is 0.000505. The molecular formula is C19H16Cl2N2O2. The summed E-state index contributed by atoms with van der Waals surface area (Å²) in [4.78, 5) is 27.3. The van der Waals surface area contributed by atoms with Crippen LogP contribution in [0.5, 0.6) is 0 Å². The zero-order valence-electron chi connectivity index (χ0n) is 13.3. The molecule has 0 saturated carbocycles. The Kier molecular flexibility index (Phi) is 4.28. The lowest BCUT2D eigenvalue weighted by Crippen LogP contribution is -2.44. The molecule has 1 N–H and O–H groups in total. The Labute approximate surface area is 155 Å². The first-order chi connectivity index (χ1) is 12.1. The number of benzene rings is 2. The quantitative estimate of drug-likeness (QED) is 0.823. The Balaban J connectivity index is 1.80. The van der Waals surface area contributed by atoms with Crippen molar-refractivity contribution in [2.75, 3.05) is 6.54 Å². The number of hydrogen-bond donors (Lipinski definition) is 1. The number of amides is 2. The van der Waals surface area contributed by atoms with Gasteiger partial charge in [0.1, 0.15) is 0 Å². The molecule has 0 unspecified atom stereocenters. The number of carbonyl (C=O) groups is 2. The van der Waals surface area contributed by atoms with Crippen molar-refractivity contribution >= 4 is 35.0 Å². The van der Waals surface area contributed by atoms with Gasteiger partial charge in [-0.05, 0) is 49.2 Å². The van der Waals surface area contributed by atoms with E-state index in [0.717, 1.165) is 24.9 Å². The molecule has 4 rings (SSSR count). The van der Waals surface area contributed by atoms with Crippen LogP contribution in [0.2, 0.25) is 10.0 Å². The lowest BCUT2D eigenvalue weighted by molar-refractivity contribution is 0.0550. The van der Waals surface area contributed by atoms with Gasteiger partial charge in [0.25, 0.3) is 11.8 Å². The molecule has 2 aromatic rings. The zero-order chi connectivity index (χ0) is 17.6. The fraction of sp³-hybridized carbons (Fsp3) is 0.263. The van der Waals surface area contributed by atoms with Crippen LogP contribution in [-0.4, -0.2) is 29.3 Å². The molecule has 4 nitrogen and oxygen atoms in total. The summed E-state index contributed by atoms with van der Waals surface area (Å²) in [5.74, 6) is -0.518. The van der Waals surface area contributed by atoms with E-state index in [1.165, 1.54) is 4.90 Å². The van der Waals surface area contributed by atoms with Crippen molar-refractivity contribution in [3.8, 4) is 0 Å². The van der Waals surface area contributed by atoms with E-state index >= 15 is 0 Å². The summed E-state index contributed by atoms with van der Waals surface area (Å²) < 4.78 is 0. The molecule has 2 aliphatic heterocycles. The van der Waals surface area contributed by atoms with Crippen LogP contribution in [0, 0.1) is 0 Å². The monoisotopic (exact) mass is 374 g/mol. The topological polar surface area (TPSA) is 49.4 Å². The van der Waals surface area contributed by atoms with E-state index in [9.17, 15) is 9.59 Å². The fourth-order valence-electron chi connectivity index (χ4n) is 3.70. The maximum Gasteiger partial charge on any atom is 0.262 e. The Morgan fingerprint density at radius 1 is 1.00 bits per heavy atom. The SMILES string of the molecule is O=C1c2ccccc2C(=O)N1[C@@H](c1ccc(Cl)c(Cl)c1)[C@H]1CCCN1. The lowest BCUT2D eigenvalue weighted by Gasteiger charge is -2.32. The molecule has 6 heteroatoms. The number of halogens is 2. The number of rotatable bonds is 3. The highest BCUT2D eigenvalue weighted by molar-refractivity contribution is 6.42. The Morgan fingerprint density at radius 2 is 1.68 bits per heavy atom. The first-order valence-electron chi connectivity index (χ1n) is 8.23. The minimum Gasteiger partial charge on any atom is -0.312 e. The molecule has 0 radical (unpaired) electrons. The van der Waals surface area contributed by atoms with Crippen molar-refractivity contribution in [1.29, 1.82) is 0 Å². The minimum atomic E-state index is -0.412. The van der Waals surface area contributed by atoms with E-state index in [4.69, 9.17) is 23.2 Å². The molecule has 2 heterocycles. The second-order valence-electron chi connectivity index (χ2n) is 6.35. The highest BCUT2D eigenvalue weighted by Crippen LogP contribution is 2.37. The van der Waals surface area contributed by atoms with Gasteiger partial charge in [-0.3, -0.25) is 14.5 Å². The van der Waals surface area contributed by atoms with Crippen LogP contribution < -0.4 is 5.32 Å². The van der Waals surface area contributed by atoms with E-state index in [1.807, 2.05) is 6.07 Å². The molecule has 1 fully saturated rings. The van der Waals surface area contributed by atoms with Gasteiger partial charge in [0.15, 0.2) is 0 Å². The maximum atomic E-state index is 12.9. The number of hydrogen-bond acceptors (Lipinski definition) is 3. The molecule has 2 aliphatic rings. The summed E-state index contributed by atoms with van der Waals surface area (Å²) in [5.41, 5.74) is 1.72. The first kappa shape index (κ1) is 16.6. The molecule has 25 heavy (non-hydrogen) atoms. The lowest BCUT2D eigenvalue weighted by atomic mass is 9.96. The van der Waals surface area contributed by atoms with Crippen molar-refractivity contribution in [3.63, 3.8) is 0 Å². The van der Waals surface area contributed by atoms with Gasteiger partial charge >= 0.3 is 0 Å². The van der Waals surface area contributed by atoms with Crippen LogP contribution in [0.4, 0.5) is 0 Å². The summed E-state index contributed by atoms with van der Waals surface area (Å²) in [6.45, 7) is 0.867. The Morgan fingerprint density at radius 3 is 2.24 bits per heavy atom. The first-order valence-corrected chi connectivity index (χ1v) is 8.99. The van der Waals surface area contributed by atoms with Gasteiger partial charge in [-0.1, -0.05) is 41.4 Å². The van der Waals surface area contributed by atoms with Gasteiger partial charge in [0.05, 0.1) is 27.2 Å². The van der Waals surface area contributed by atoms with Crippen LogP contribution in [0.25, 0.3) is 0 Å². The molecule has 0 aliphatic carbocycles. The summed E-state index contributed by atoms with van der Waals surface area (Å²) >= 11 is 12.2. The van der Waals surface area contributed by atoms with E-state index in [2.05, 4.69) is 5.32 Å². The molecular weight excluding hydrogens is 359 g/mol. The van der Waals surface area contributed by atoms with Crippen molar-refractivity contribution in [3.05, 3.63) is 69.2 Å². The van der Waals surface area contributed by atoms with Crippen LogP contribution in [0.3, 0.4) is 0 Å². The van der Waals surface area contributed by atoms with Gasteiger partial charge in [-0.15, -0.1) is 0 Å². The smallest absolute Gasteiger partial charge is 0.262 e. The average Bonchev–Trinajstić information content (AvgIpc) is 3.22. The highest BCUT2D eigenvalue weighted by atomic mass is 35.5. The van der Waals surface area contributed by atoms with Gasteiger partial charge in [0.2, 0.25) is 0 Å². The number of imide groups is 1. The highest BCUT2D eigenvalue weighted by Gasteiger charge is 2.43. The van der Waals surface area contributed by atoms with Crippen LogP contribution in [0.1, 0.15) is 45.2 Å². The van der Waals surface area contributed by atoms with Crippen molar-refractivity contribution in [1.82, 2.24) is 10.2 Å². The third kappa shape index (κ3) is 2.74. The summed E-state index contributed by atoms with van der Waals surface area (Å²) in [5, 5.41) is 4.28. The number of carbonyl (C=O) groups excluding carboxylic acids is 2. The van der Waals surface area contributed by atoms with Gasteiger partial charge in [-0.25, -0.2) is 0 Å². The van der Waals surface area contributed by atoms with Gasteiger partial charge in [0, 0.05) is 6.04 Å². The summed E-state index contributed by atoms with van der Waals surface area (Å²) in [6, 6.07) is 11.8. The van der Waals surface area contributed by atoms with E-state index < -0.39 is 6.04 Å². The fourth-order valence-corrected chi connectivity index (χ4v) is 4.01. The van der Waals surface area contributed by atoms with Crippen molar-refractivity contribution < 1.29 is 9.59 Å². The standard InChI is InChI=1S/C19H16Cl2N2O2/c20-14-8-7-11(10-15(14)21)17(16-6-3-9-22-16)23-18(24)12-4-1-2-5-13(12)19(23)25/h1-2,4-5,7-8,10,16-17,22H,3,6,9H2/t16-,17+/m1/s1. The number of nitrogens with zero attached hydrogens (tertiary/aromatic N) is 1. The van der Waals surface area contributed by atoms with Crippen LogP contribution >= 0.6 is 23.2 Å². The second-order valence-corrected chi connectivity index (χ2v) is 7.16. The number of fused-ring (bicyclic) bond motifs is 1. The largest absolute Gasteiger partial charge is 0.312 e. The maximum absolute atomic E-state index is 12.9.